The Bertz CT molecular complexity index is 1260. The van der Waals surface area contributed by atoms with Gasteiger partial charge in [-0.15, -0.1) is 0 Å². The van der Waals surface area contributed by atoms with E-state index in [1.54, 1.807) is 43.5 Å². The summed E-state index contributed by atoms with van der Waals surface area (Å²) >= 11 is 0. The number of ether oxygens (including phenoxy) is 2. The van der Waals surface area contributed by atoms with Crippen LogP contribution in [0.1, 0.15) is 15.9 Å². The highest BCUT2D eigenvalue weighted by Gasteiger charge is 2.33. The van der Waals surface area contributed by atoms with Crippen LogP contribution < -0.4 is 14.8 Å². The van der Waals surface area contributed by atoms with Crippen LogP contribution in [0.4, 0.5) is 5.69 Å². The van der Waals surface area contributed by atoms with Crippen LogP contribution >= 0.6 is 0 Å². The minimum atomic E-state index is -0.122. The fourth-order valence-electron chi connectivity index (χ4n) is 3.71. The summed E-state index contributed by atoms with van der Waals surface area (Å²) in [5, 5.41) is 17.2. The first-order valence-electron chi connectivity index (χ1n) is 9.48. The summed E-state index contributed by atoms with van der Waals surface area (Å²) in [6, 6.07) is 16.2. The maximum absolute atomic E-state index is 13.3. The molecule has 0 aliphatic heterocycles. The van der Waals surface area contributed by atoms with Crippen molar-refractivity contribution >= 4 is 22.4 Å². The third-order valence-corrected chi connectivity index (χ3v) is 5.08. The Balaban J connectivity index is 1.70. The van der Waals surface area contributed by atoms with Crippen LogP contribution in [0.5, 0.6) is 17.2 Å². The number of rotatable bonds is 6. The highest BCUT2D eigenvalue weighted by atomic mass is 16.5. The number of benzene rings is 3. The minimum Gasteiger partial charge on any atom is -0.497 e. The van der Waals surface area contributed by atoms with Crippen molar-refractivity contribution in [2.75, 3.05) is 25.6 Å². The molecule has 0 bridgehead atoms. The Morgan fingerprint density at radius 1 is 1.07 bits per heavy atom. The van der Waals surface area contributed by atoms with E-state index in [-0.39, 0.29) is 18.9 Å². The summed E-state index contributed by atoms with van der Waals surface area (Å²) in [7, 11) is 1.60. The lowest BCUT2D eigenvalue weighted by molar-refractivity contribution is 0.104. The molecular formula is C23H18N2O5. The van der Waals surface area contributed by atoms with Crippen molar-refractivity contribution in [1.29, 1.82) is 0 Å². The van der Waals surface area contributed by atoms with Crippen molar-refractivity contribution in [3.05, 3.63) is 65.7 Å². The number of fused-ring (bicyclic) bond motifs is 2. The van der Waals surface area contributed by atoms with Gasteiger partial charge in [0.1, 0.15) is 11.5 Å². The lowest BCUT2D eigenvalue weighted by Crippen LogP contribution is -2.14. The number of methoxy groups -OCH3 is 1. The standard InChI is InChI=1S/C23H18N2O5/c1-28-13-6-8-14(9-7-13)29-18-12-17(24-10-11-26)19-20-21(18)25-30-23(20)16-5-3-2-4-15(16)22(19)27/h2-9,12,24,26H,10-11H2,1H3. The molecule has 0 saturated carbocycles. The number of aliphatic hydroxyl groups is 1. The Hall–Kier alpha value is -3.84. The summed E-state index contributed by atoms with van der Waals surface area (Å²) in [6.45, 7) is 0.212. The van der Waals surface area contributed by atoms with Gasteiger partial charge in [0.2, 0.25) is 0 Å². The van der Waals surface area contributed by atoms with Crippen molar-refractivity contribution in [1.82, 2.24) is 5.16 Å². The highest BCUT2D eigenvalue weighted by molar-refractivity contribution is 6.28. The van der Waals surface area contributed by atoms with Gasteiger partial charge >= 0.3 is 0 Å². The molecule has 5 rings (SSSR count). The summed E-state index contributed by atoms with van der Waals surface area (Å²) < 4.78 is 16.9. The summed E-state index contributed by atoms with van der Waals surface area (Å²) in [5.41, 5.74) is 2.75. The smallest absolute Gasteiger partial charge is 0.196 e. The number of hydrogen-bond donors (Lipinski definition) is 2. The average Bonchev–Trinajstić information content (AvgIpc) is 3.23. The van der Waals surface area contributed by atoms with Crippen LogP contribution in [0.25, 0.3) is 22.2 Å². The fraction of sp³-hybridized carbons (Fsp3) is 0.130. The zero-order valence-corrected chi connectivity index (χ0v) is 16.1. The van der Waals surface area contributed by atoms with E-state index in [1.807, 2.05) is 18.2 Å². The van der Waals surface area contributed by atoms with E-state index in [9.17, 15) is 9.90 Å². The molecule has 0 fully saturated rings. The fourth-order valence-corrected chi connectivity index (χ4v) is 3.71. The molecule has 0 radical (unpaired) electrons. The first kappa shape index (κ1) is 18.2. The second-order valence-corrected chi connectivity index (χ2v) is 6.84. The van der Waals surface area contributed by atoms with E-state index in [0.717, 1.165) is 0 Å². The van der Waals surface area contributed by atoms with Gasteiger partial charge in [-0.25, -0.2) is 0 Å². The quantitative estimate of drug-likeness (QED) is 0.439. The zero-order valence-electron chi connectivity index (χ0n) is 16.1. The van der Waals surface area contributed by atoms with Gasteiger partial charge in [0.25, 0.3) is 0 Å². The van der Waals surface area contributed by atoms with Crippen LogP contribution in [0, 0.1) is 0 Å². The van der Waals surface area contributed by atoms with Crippen LogP contribution in [0.2, 0.25) is 0 Å². The van der Waals surface area contributed by atoms with Crippen molar-refractivity contribution in [2.24, 2.45) is 0 Å². The lowest BCUT2D eigenvalue weighted by atomic mass is 9.86. The van der Waals surface area contributed by atoms with E-state index in [4.69, 9.17) is 14.0 Å². The molecule has 3 aromatic carbocycles. The molecule has 0 unspecified atom stereocenters. The number of aliphatic hydroxyl groups excluding tert-OH is 1. The van der Waals surface area contributed by atoms with Gasteiger partial charge in [-0.3, -0.25) is 4.79 Å². The Morgan fingerprint density at radius 3 is 2.53 bits per heavy atom. The maximum Gasteiger partial charge on any atom is 0.196 e. The minimum absolute atomic E-state index is 0.0760. The van der Waals surface area contributed by atoms with Gasteiger partial charge in [-0.2, -0.15) is 0 Å². The largest absolute Gasteiger partial charge is 0.497 e. The van der Waals surface area contributed by atoms with E-state index < -0.39 is 0 Å². The van der Waals surface area contributed by atoms with Crippen molar-refractivity contribution in [2.45, 2.75) is 0 Å². The van der Waals surface area contributed by atoms with E-state index in [2.05, 4.69) is 10.5 Å². The first-order valence-corrected chi connectivity index (χ1v) is 9.48. The second-order valence-electron chi connectivity index (χ2n) is 6.84. The molecular weight excluding hydrogens is 384 g/mol. The first-order chi connectivity index (χ1) is 14.7. The molecule has 30 heavy (non-hydrogen) atoms. The molecule has 150 valence electrons. The molecule has 0 saturated heterocycles. The Morgan fingerprint density at radius 2 is 1.80 bits per heavy atom. The molecule has 1 heterocycles. The van der Waals surface area contributed by atoms with Gasteiger partial charge in [-0.05, 0) is 24.3 Å². The predicted molar refractivity (Wildman–Crippen MR) is 112 cm³/mol. The molecule has 0 amide bonds. The molecule has 1 aliphatic carbocycles. The van der Waals surface area contributed by atoms with Gasteiger partial charge in [0, 0.05) is 23.7 Å². The van der Waals surface area contributed by atoms with Gasteiger partial charge < -0.3 is 24.4 Å². The topological polar surface area (TPSA) is 93.8 Å². The monoisotopic (exact) mass is 402 g/mol. The van der Waals surface area contributed by atoms with E-state index >= 15 is 0 Å². The highest BCUT2D eigenvalue weighted by Crippen LogP contribution is 2.46. The van der Waals surface area contributed by atoms with Gasteiger partial charge in [-0.1, -0.05) is 29.4 Å². The van der Waals surface area contributed by atoms with Crippen molar-refractivity contribution in [3.8, 4) is 28.6 Å². The summed E-state index contributed by atoms with van der Waals surface area (Å²) in [4.78, 5) is 13.3. The number of anilines is 1. The molecule has 7 heteroatoms. The van der Waals surface area contributed by atoms with Crippen molar-refractivity contribution in [3.63, 3.8) is 0 Å². The normalized spacial score (nSPS) is 12.0. The number of nitrogens with zero attached hydrogens (tertiary/aromatic N) is 1. The van der Waals surface area contributed by atoms with Crippen molar-refractivity contribution < 1.29 is 23.9 Å². The predicted octanol–water partition coefficient (Wildman–Crippen LogP) is 4.24. The summed E-state index contributed by atoms with van der Waals surface area (Å²) in [6.07, 6.45) is 0. The SMILES string of the molecule is COc1ccc(Oc2cc(NCCO)c3c4c(onc24)-c2ccccc2C3=O)cc1. The average molecular weight is 402 g/mol. The van der Waals surface area contributed by atoms with E-state index in [0.29, 0.717) is 56.3 Å². The second kappa shape index (κ2) is 7.20. The van der Waals surface area contributed by atoms with Crippen LogP contribution in [0.15, 0.2) is 59.1 Å². The van der Waals surface area contributed by atoms with Crippen LogP contribution in [0.3, 0.4) is 0 Å². The molecule has 1 aliphatic rings. The van der Waals surface area contributed by atoms with Crippen LogP contribution in [-0.2, 0) is 0 Å². The molecule has 0 spiro atoms. The third kappa shape index (κ3) is 2.79. The Kier molecular flexibility index (Phi) is 4.37. The molecule has 1 aromatic heterocycles. The van der Waals surface area contributed by atoms with Crippen LogP contribution in [-0.4, -0.2) is 36.3 Å². The molecule has 4 aromatic rings. The number of hydrogen-bond acceptors (Lipinski definition) is 7. The zero-order chi connectivity index (χ0) is 20.7. The number of aromatic nitrogens is 1. The number of ketones is 1. The lowest BCUT2D eigenvalue weighted by Gasteiger charge is -2.19. The van der Waals surface area contributed by atoms with Gasteiger partial charge in [0.05, 0.1) is 30.4 Å². The third-order valence-electron chi connectivity index (χ3n) is 5.08. The number of carbonyl (C=O) groups is 1. The number of carbonyl (C=O) groups excluding carboxylic acids is 1. The molecule has 7 nitrogen and oxygen atoms in total. The molecule has 0 atom stereocenters. The molecule has 2 N–H and O–H groups in total. The maximum atomic E-state index is 13.3. The summed E-state index contributed by atoms with van der Waals surface area (Å²) in [5.74, 6) is 2.16. The Labute approximate surface area is 171 Å². The van der Waals surface area contributed by atoms with E-state index in [1.165, 1.54) is 0 Å². The van der Waals surface area contributed by atoms with Gasteiger partial charge in [0.15, 0.2) is 22.8 Å². The number of nitrogens with one attached hydrogen (secondary N) is 1.